The summed E-state index contributed by atoms with van der Waals surface area (Å²) in [4.78, 5) is 0. The average molecular weight is 270 g/mol. The van der Waals surface area contributed by atoms with Crippen LogP contribution in [0.2, 0.25) is 0 Å². The summed E-state index contributed by atoms with van der Waals surface area (Å²) in [6.07, 6.45) is 3.91. The molecule has 3 heteroatoms. The first-order valence-corrected chi connectivity index (χ1v) is 5.85. The summed E-state index contributed by atoms with van der Waals surface area (Å²) < 4.78 is 1.29. The zero-order valence-electron chi connectivity index (χ0n) is 7.33. The molecule has 11 heavy (non-hydrogen) atoms. The Hall–Kier alpha value is 0.650. The normalized spacial score (nSPS) is 10.4. The Bertz CT molecular complexity index is 61.1. The van der Waals surface area contributed by atoms with Crippen LogP contribution in [0.5, 0.6) is 0 Å². The van der Waals surface area contributed by atoms with Gasteiger partial charge in [0.25, 0.3) is 0 Å². The molecule has 0 saturated carbocycles. The van der Waals surface area contributed by atoms with Crippen molar-refractivity contribution in [3.8, 4) is 0 Å². The van der Waals surface area contributed by atoms with Crippen molar-refractivity contribution in [3.63, 3.8) is 0 Å². The molecule has 0 saturated heterocycles. The van der Waals surface area contributed by atoms with Gasteiger partial charge in [0.15, 0.2) is 0 Å². The van der Waals surface area contributed by atoms with Gasteiger partial charge in [-0.25, -0.2) is 0 Å². The molecule has 0 amide bonds. The smallest absolute Gasteiger partial charge is 0.000426 e. The minimum Gasteiger partial charge on any atom is -0.320 e. The van der Waals surface area contributed by atoms with Crippen LogP contribution in [-0.4, -0.2) is 31.1 Å². The van der Waals surface area contributed by atoms with Crippen molar-refractivity contribution in [2.45, 2.75) is 19.3 Å². The molecule has 0 unspecified atom stereocenters. The first-order valence-electron chi connectivity index (χ1n) is 4.33. The van der Waals surface area contributed by atoms with Gasteiger partial charge in [0.2, 0.25) is 0 Å². The van der Waals surface area contributed by atoms with E-state index in [1.54, 1.807) is 0 Å². The van der Waals surface area contributed by atoms with E-state index in [4.69, 9.17) is 0 Å². The summed E-state index contributed by atoms with van der Waals surface area (Å²) in [5.41, 5.74) is 0. The molecule has 0 atom stereocenters. The maximum absolute atomic E-state index is 3.41. The molecule has 0 aromatic rings. The number of halogens is 1. The minimum atomic E-state index is 1.12. The van der Waals surface area contributed by atoms with Crippen LogP contribution < -0.4 is 10.6 Å². The molecule has 68 valence electrons. The molecule has 0 radical (unpaired) electrons. The third-order valence-electron chi connectivity index (χ3n) is 1.52. The standard InChI is InChI=1S/C8H19IN2/c1-10-6-4-8-11-7-3-2-5-9/h10-11H,2-8H2,1H3. The summed E-state index contributed by atoms with van der Waals surface area (Å²) in [5.74, 6) is 0. The fraction of sp³-hybridized carbons (Fsp3) is 1.00. The lowest BCUT2D eigenvalue weighted by atomic mass is 10.3. The van der Waals surface area contributed by atoms with E-state index >= 15 is 0 Å². The van der Waals surface area contributed by atoms with E-state index in [2.05, 4.69) is 33.2 Å². The Morgan fingerprint density at radius 1 is 1.00 bits per heavy atom. The SMILES string of the molecule is CNCCCNCCCCI. The zero-order chi connectivity index (χ0) is 8.36. The van der Waals surface area contributed by atoms with Gasteiger partial charge in [0, 0.05) is 0 Å². The average Bonchev–Trinajstić information content (AvgIpc) is 2.03. The maximum atomic E-state index is 3.41. The number of hydrogen-bond acceptors (Lipinski definition) is 2. The molecule has 0 fully saturated rings. The lowest BCUT2D eigenvalue weighted by Gasteiger charge is -2.02. The summed E-state index contributed by atoms with van der Waals surface area (Å²) in [6, 6.07) is 0. The third kappa shape index (κ3) is 10.7. The van der Waals surface area contributed by atoms with E-state index in [0.717, 1.165) is 13.1 Å². The first kappa shape index (κ1) is 11.6. The second-order valence-corrected chi connectivity index (χ2v) is 3.68. The Morgan fingerprint density at radius 2 is 1.73 bits per heavy atom. The van der Waals surface area contributed by atoms with E-state index in [0.29, 0.717) is 0 Å². The van der Waals surface area contributed by atoms with E-state index in [-0.39, 0.29) is 0 Å². The van der Waals surface area contributed by atoms with Gasteiger partial charge in [-0.1, -0.05) is 22.6 Å². The van der Waals surface area contributed by atoms with Crippen molar-refractivity contribution in [3.05, 3.63) is 0 Å². The van der Waals surface area contributed by atoms with Gasteiger partial charge in [-0.2, -0.15) is 0 Å². The highest BCUT2D eigenvalue weighted by Gasteiger charge is 1.87. The molecule has 0 aromatic carbocycles. The molecule has 2 N–H and O–H groups in total. The van der Waals surface area contributed by atoms with Crippen LogP contribution in [0.25, 0.3) is 0 Å². The van der Waals surface area contributed by atoms with Gasteiger partial charge < -0.3 is 10.6 Å². The molecular formula is C8H19IN2. The summed E-state index contributed by atoms with van der Waals surface area (Å²) in [7, 11) is 2.00. The molecule has 2 nitrogen and oxygen atoms in total. The van der Waals surface area contributed by atoms with Crippen LogP contribution in [0, 0.1) is 0 Å². The molecule has 0 spiro atoms. The number of hydrogen-bond donors (Lipinski definition) is 2. The second kappa shape index (κ2) is 10.7. The van der Waals surface area contributed by atoms with Crippen LogP contribution in [0.3, 0.4) is 0 Å². The van der Waals surface area contributed by atoms with Crippen LogP contribution in [0.1, 0.15) is 19.3 Å². The van der Waals surface area contributed by atoms with Crippen molar-refractivity contribution < 1.29 is 0 Å². The van der Waals surface area contributed by atoms with Gasteiger partial charge in [-0.15, -0.1) is 0 Å². The molecule has 0 aromatic heterocycles. The molecule has 0 bridgehead atoms. The molecule has 0 aliphatic heterocycles. The minimum absolute atomic E-state index is 1.12. The number of unbranched alkanes of at least 4 members (excludes halogenated alkanes) is 1. The van der Waals surface area contributed by atoms with E-state index in [9.17, 15) is 0 Å². The van der Waals surface area contributed by atoms with E-state index in [1.165, 1.54) is 30.2 Å². The summed E-state index contributed by atoms with van der Waals surface area (Å²) in [5, 5.41) is 6.54. The number of nitrogens with one attached hydrogen (secondary N) is 2. The molecular weight excluding hydrogens is 251 g/mol. The highest BCUT2D eigenvalue weighted by Crippen LogP contribution is 1.91. The molecule has 0 rings (SSSR count). The van der Waals surface area contributed by atoms with Crippen LogP contribution in [-0.2, 0) is 0 Å². The van der Waals surface area contributed by atoms with Crippen LogP contribution in [0.15, 0.2) is 0 Å². The van der Waals surface area contributed by atoms with E-state index < -0.39 is 0 Å². The lowest BCUT2D eigenvalue weighted by Crippen LogP contribution is -2.20. The predicted molar refractivity (Wildman–Crippen MR) is 59.5 cm³/mol. The second-order valence-electron chi connectivity index (χ2n) is 2.60. The number of alkyl halides is 1. The highest BCUT2D eigenvalue weighted by atomic mass is 127. The predicted octanol–water partition coefficient (Wildman–Crippen LogP) is 1.40. The molecule has 0 aliphatic carbocycles. The first-order chi connectivity index (χ1) is 5.41. The summed E-state index contributed by atoms with van der Waals surface area (Å²) >= 11 is 2.42. The van der Waals surface area contributed by atoms with Crippen molar-refractivity contribution in [2.24, 2.45) is 0 Å². The maximum Gasteiger partial charge on any atom is -0.000426 e. The Balaban J connectivity index is 2.69. The fourth-order valence-electron chi connectivity index (χ4n) is 0.860. The number of rotatable bonds is 8. The van der Waals surface area contributed by atoms with Crippen molar-refractivity contribution in [1.29, 1.82) is 0 Å². The Kier molecular flexibility index (Phi) is 11.3. The topological polar surface area (TPSA) is 24.1 Å². The largest absolute Gasteiger partial charge is 0.320 e. The fourth-order valence-corrected chi connectivity index (χ4v) is 1.40. The van der Waals surface area contributed by atoms with Crippen LogP contribution >= 0.6 is 22.6 Å². The quantitative estimate of drug-likeness (QED) is 0.396. The van der Waals surface area contributed by atoms with Gasteiger partial charge in [0.1, 0.15) is 0 Å². The third-order valence-corrected chi connectivity index (χ3v) is 2.28. The monoisotopic (exact) mass is 270 g/mol. The zero-order valence-corrected chi connectivity index (χ0v) is 9.49. The molecule has 0 aliphatic rings. The van der Waals surface area contributed by atoms with Crippen molar-refractivity contribution >= 4 is 22.6 Å². The van der Waals surface area contributed by atoms with Crippen molar-refractivity contribution in [1.82, 2.24) is 10.6 Å². The lowest BCUT2D eigenvalue weighted by molar-refractivity contribution is 0.604. The Morgan fingerprint density at radius 3 is 2.36 bits per heavy atom. The highest BCUT2D eigenvalue weighted by molar-refractivity contribution is 14.1. The Labute approximate surface area is 83.7 Å². The van der Waals surface area contributed by atoms with Crippen molar-refractivity contribution in [2.75, 3.05) is 31.1 Å². The summed E-state index contributed by atoms with van der Waals surface area (Å²) in [6.45, 7) is 3.47. The van der Waals surface area contributed by atoms with Gasteiger partial charge in [-0.05, 0) is 50.4 Å². The van der Waals surface area contributed by atoms with Gasteiger partial charge in [-0.3, -0.25) is 0 Å². The van der Waals surface area contributed by atoms with Gasteiger partial charge in [0.05, 0.1) is 0 Å². The van der Waals surface area contributed by atoms with E-state index in [1.807, 2.05) is 7.05 Å². The van der Waals surface area contributed by atoms with Crippen LogP contribution in [0.4, 0.5) is 0 Å². The van der Waals surface area contributed by atoms with Gasteiger partial charge >= 0.3 is 0 Å². The molecule has 0 heterocycles.